The Kier molecular flexibility index (Phi) is 12.4. The molecule has 0 radical (unpaired) electrons. The zero-order chi connectivity index (χ0) is 21.4. The van der Waals surface area contributed by atoms with Crippen molar-refractivity contribution < 1.29 is 21.6 Å². The van der Waals surface area contributed by atoms with Crippen molar-refractivity contribution in [2.24, 2.45) is 10.9 Å². The standard InChI is InChI=1S/C18H35F3N4O2S.HI/c1-5-22-16(24-10-13-28(26,27)17(2,3)4)23-9-6-15-7-11-25(12-8-15)14-18(19,20)21;/h15H,5-14H2,1-4H3,(H2,22,23,24);1H. The van der Waals surface area contributed by atoms with E-state index >= 15 is 0 Å². The number of alkyl halides is 3. The topological polar surface area (TPSA) is 73.8 Å². The first-order valence-corrected chi connectivity index (χ1v) is 11.5. The van der Waals surface area contributed by atoms with Crippen molar-refractivity contribution >= 4 is 39.8 Å². The van der Waals surface area contributed by atoms with Crippen molar-refractivity contribution in [3.63, 3.8) is 0 Å². The molecule has 2 N–H and O–H groups in total. The van der Waals surface area contributed by atoms with Crippen molar-refractivity contribution in [2.75, 3.05) is 45.0 Å². The number of nitrogens with one attached hydrogen (secondary N) is 2. The van der Waals surface area contributed by atoms with Crippen LogP contribution in [0.4, 0.5) is 13.2 Å². The summed E-state index contributed by atoms with van der Waals surface area (Å²) in [6, 6.07) is 0. The smallest absolute Gasteiger partial charge is 0.357 e. The number of hydrogen-bond donors (Lipinski definition) is 2. The van der Waals surface area contributed by atoms with Gasteiger partial charge in [0.1, 0.15) is 0 Å². The van der Waals surface area contributed by atoms with Gasteiger partial charge in [-0.15, -0.1) is 24.0 Å². The van der Waals surface area contributed by atoms with Crippen LogP contribution in [0.25, 0.3) is 0 Å². The van der Waals surface area contributed by atoms with E-state index < -0.39 is 27.3 Å². The minimum Gasteiger partial charge on any atom is -0.357 e. The summed E-state index contributed by atoms with van der Waals surface area (Å²) in [4.78, 5) is 5.93. The van der Waals surface area contributed by atoms with Crippen molar-refractivity contribution in [3.8, 4) is 0 Å². The van der Waals surface area contributed by atoms with Gasteiger partial charge in [0, 0.05) is 19.6 Å². The van der Waals surface area contributed by atoms with Gasteiger partial charge in [0.2, 0.25) is 0 Å². The average molecular weight is 556 g/mol. The molecule has 1 fully saturated rings. The van der Waals surface area contributed by atoms with E-state index in [1.54, 1.807) is 20.8 Å². The van der Waals surface area contributed by atoms with Gasteiger partial charge in [0.25, 0.3) is 0 Å². The number of piperidine rings is 1. The average Bonchev–Trinajstić information content (AvgIpc) is 2.54. The van der Waals surface area contributed by atoms with Crippen LogP contribution in [0.5, 0.6) is 0 Å². The van der Waals surface area contributed by atoms with Crippen LogP contribution >= 0.6 is 24.0 Å². The SMILES string of the molecule is CCNC(=NCCC1CCN(CC(F)(F)F)CC1)NCCS(=O)(=O)C(C)(C)C.I. The van der Waals surface area contributed by atoms with Gasteiger partial charge in [-0.25, -0.2) is 8.42 Å². The largest absolute Gasteiger partial charge is 0.401 e. The molecule has 0 saturated carbocycles. The summed E-state index contributed by atoms with van der Waals surface area (Å²) in [6.07, 6.45) is -1.82. The lowest BCUT2D eigenvalue weighted by Crippen LogP contribution is -2.42. The third-order valence-corrected chi connectivity index (χ3v) is 7.47. The van der Waals surface area contributed by atoms with E-state index in [1.165, 1.54) is 4.90 Å². The summed E-state index contributed by atoms with van der Waals surface area (Å²) in [6.45, 7) is 8.59. The van der Waals surface area contributed by atoms with Crippen molar-refractivity contribution in [1.82, 2.24) is 15.5 Å². The number of aliphatic imine (C=N–C) groups is 1. The van der Waals surface area contributed by atoms with Crippen molar-refractivity contribution in [1.29, 1.82) is 0 Å². The van der Waals surface area contributed by atoms with Gasteiger partial charge in [0.05, 0.1) is 17.0 Å². The molecular weight excluding hydrogens is 520 g/mol. The molecular formula is C18H36F3IN4O2S. The third-order valence-electron chi connectivity index (χ3n) is 4.86. The van der Waals surface area contributed by atoms with Crippen LogP contribution in [-0.2, 0) is 9.84 Å². The minimum absolute atomic E-state index is 0. The first-order valence-electron chi connectivity index (χ1n) is 9.87. The lowest BCUT2D eigenvalue weighted by Gasteiger charge is -2.32. The predicted octanol–water partition coefficient (Wildman–Crippen LogP) is 3.04. The fraction of sp³-hybridized carbons (Fsp3) is 0.944. The number of halogens is 4. The monoisotopic (exact) mass is 556 g/mol. The molecule has 0 spiro atoms. The Morgan fingerprint density at radius 3 is 2.21 bits per heavy atom. The fourth-order valence-corrected chi connectivity index (χ4v) is 3.98. The summed E-state index contributed by atoms with van der Waals surface area (Å²) in [7, 11) is -3.19. The zero-order valence-corrected chi connectivity index (χ0v) is 21.0. The number of sulfone groups is 1. The Labute approximate surface area is 190 Å². The van der Waals surface area contributed by atoms with E-state index in [9.17, 15) is 21.6 Å². The molecule has 1 aliphatic rings. The normalized spacial score (nSPS) is 17.7. The molecule has 0 amide bonds. The van der Waals surface area contributed by atoms with E-state index in [2.05, 4.69) is 15.6 Å². The van der Waals surface area contributed by atoms with Gasteiger partial charge in [0.15, 0.2) is 15.8 Å². The lowest BCUT2D eigenvalue weighted by molar-refractivity contribution is -0.148. The highest BCUT2D eigenvalue weighted by molar-refractivity contribution is 14.0. The Morgan fingerprint density at radius 2 is 1.72 bits per heavy atom. The molecule has 0 aromatic carbocycles. The quantitative estimate of drug-likeness (QED) is 0.273. The highest BCUT2D eigenvalue weighted by Crippen LogP contribution is 2.24. The highest BCUT2D eigenvalue weighted by Gasteiger charge is 2.32. The van der Waals surface area contributed by atoms with E-state index in [0.717, 1.165) is 19.3 Å². The maximum atomic E-state index is 12.4. The number of guanidine groups is 1. The molecule has 0 bridgehead atoms. The van der Waals surface area contributed by atoms with Gasteiger partial charge in [-0.05, 0) is 66.0 Å². The Balaban J connectivity index is 0.00000784. The van der Waals surface area contributed by atoms with E-state index in [4.69, 9.17) is 0 Å². The number of likely N-dealkylation sites (tertiary alicyclic amines) is 1. The van der Waals surface area contributed by atoms with Gasteiger partial charge in [-0.3, -0.25) is 9.89 Å². The van der Waals surface area contributed by atoms with Crippen LogP contribution < -0.4 is 10.6 Å². The van der Waals surface area contributed by atoms with Crippen LogP contribution in [0.15, 0.2) is 4.99 Å². The van der Waals surface area contributed by atoms with Crippen LogP contribution in [0.3, 0.4) is 0 Å². The second-order valence-electron chi connectivity index (χ2n) is 8.24. The molecule has 6 nitrogen and oxygen atoms in total. The Hall–Kier alpha value is -0.300. The summed E-state index contributed by atoms with van der Waals surface area (Å²) in [5.74, 6) is 0.969. The molecule has 0 aromatic rings. The second-order valence-corrected chi connectivity index (χ2v) is 11.1. The first-order chi connectivity index (χ1) is 12.8. The first kappa shape index (κ1) is 28.7. The minimum atomic E-state index is -4.13. The molecule has 0 unspecified atom stereocenters. The predicted molar refractivity (Wildman–Crippen MR) is 123 cm³/mol. The molecule has 1 saturated heterocycles. The fourth-order valence-electron chi connectivity index (χ4n) is 3.00. The molecule has 1 heterocycles. The van der Waals surface area contributed by atoms with Crippen LogP contribution in [0.2, 0.25) is 0 Å². The Bertz CT molecular complexity index is 599. The van der Waals surface area contributed by atoms with E-state index in [0.29, 0.717) is 38.1 Å². The summed E-state index contributed by atoms with van der Waals surface area (Å²) >= 11 is 0. The maximum Gasteiger partial charge on any atom is 0.401 e. The number of rotatable bonds is 8. The van der Waals surface area contributed by atoms with Crippen LogP contribution in [-0.4, -0.2) is 75.2 Å². The van der Waals surface area contributed by atoms with Crippen molar-refractivity contribution in [2.45, 2.75) is 57.9 Å². The van der Waals surface area contributed by atoms with E-state index in [-0.39, 0.29) is 36.3 Å². The molecule has 11 heteroatoms. The lowest BCUT2D eigenvalue weighted by atomic mass is 9.93. The Morgan fingerprint density at radius 1 is 1.14 bits per heavy atom. The van der Waals surface area contributed by atoms with Gasteiger partial charge < -0.3 is 10.6 Å². The van der Waals surface area contributed by atoms with Crippen LogP contribution in [0, 0.1) is 5.92 Å². The maximum absolute atomic E-state index is 12.4. The molecule has 0 atom stereocenters. The second kappa shape index (κ2) is 12.5. The van der Waals surface area contributed by atoms with Gasteiger partial charge in [-0.1, -0.05) is 0 Å². The van der Waals surface area contributed by atoms with Gasteiger partial charge >= 0.3 is 6.18 Å². The summed E-state index contributed by atoms with van der Waals surface area (Å²) in [5, 5.41) is 6.13. The molecule has 29 heavy (non-hydrogen) atoms. The summed E-state index contributed by atoms with van der Waals surface area (Å²) in [5.41, 5.74) is 0. The molecule has 0 aliphatic carbocycles. The van der Waals surface area contributed by atoms with E-state index in [1.807, 2.05) is 6.92 Å². The number of hydrogen-bond acceptors (Lipinski definition) is 4. The third kappa shape index (κ3) is 11.6. The summed E-state index contributed by atoms with van der Waals surface area (Å²) < 4.78 is 60.8. The zero-order valence-electron chi connectivity index (χ0n) is 17.8. The number of nitrogens with zero attached hydrogens (tertiary/aromatic N) is 2. The molecule has 174 valence electrons. The van der Waals surface area contributed by atoms with Crippen LogP contribution in [0.1, 0.15) is 47.0 Å². The molecule has 1 rings (SSSR count). The molecule has 1 aliphatic heterocycles. The van der Waals surface area contributed by atoms with Gasteiger partial charge in [-0.2, -0.15) is 13.2 Å². The van der Waals surface area contributed by atoms with Crippen molar-refractivity contribution in [3.05, 3.63) is 0 Å². The molecule has 0 aromatic heterocycles. The highest BCUT2D eigenvalue weighted by atomic mass is 127.